The van der Waals surface area contributed by atoms with E-state index in [2.05, 4.69) is 14.3 Å². The number of aromatic nitrogens is 2. The second-order valence-electron chi connectivity index (χ2n) is 10.6. The van der Waals surface area contributed by atoms with Crippen LogP contribution in [0.15, 0.2) is 43.0 Å². The molecular formula is C27H39FN4O3S. The lowest BCUT2D eigenvalue weighted by Gasteiger charge is -2.48. The summed E-state index contributed by atoms with van der Waals surface area (Å²) in [5, 5.41) is 0. The molecule has 1 saturated carbocycles. The van der Waals surface area contributed by atoms with Gasteiger partial charge in [-0.1, -0.05) is 38.3 Å². The molecule has 0 spiro atoms. The van der Waals surface area contributed by atoms with Crippen molar-refractivity contribution in [2.24, 2.45) is 11.3 Å². The molecule has 0 unspecified atom stereocenters. The van der Waals surface area contributed by atoms with Gasteiger partial charge in [0.25, 0.3) is 0 Å². The van der Waals surface area contributed by atoms with Crippen molar-refractivity contribution in [3.63, 3.8) is 0 Å². The van der Waals surface area contributed by atoms with E-state index in [1.165, 1.54) is 44.2 Å². The maximum absolute atomic E-state index is 13.7. The summed E-state index contributed by atoms with van der Waals surface area (Å²) in [4.78, 5) is 19.7. The highest BCUT2D eigenvalue weighted by Crippen LogP contribution is 2.47. The van der Waals surface area contributed by atoms with Crippen molar-refractivity contribution in [3.8, 4) is 0 Å². The standard InChI is InChI=1S/C27H39FN4O3S/c1-2-18-36(34,35)30-25(19-22-8-10-24(28)11-9-22)26(33)32-15-12-27(13-16-32,20-31-17-14-29-21-31)23-6-4-3-5-7-23/h8-11,14,17,21,23,25,30H,2-7,12-13,15-16,18-20H2,1H3/t25-/m0/s1. The maximum Gasteiger partial charge on any atom is 0.241 e. The summed E-state index contributed by atoms with van der Waals surface area (Å²) in [5.74, 6) is 0.0413. The normalized spacial score (nSPS) is 19.8. The molecule has 9 heteroatoms. The number of sulfonamides is 1. The zero-order chi connectivity index (χ0) is 25.6. The van der Waals surface area contributed by atoms with Crippen LogP contribution >= 0.6 is 0 Å². The Morgan fingerprint density at radius 3 is 2.47 bits per heavy atom. The predicted molar refractivity (Wildman–Crippen MR) is 138 cm³/mol. The zero-order valence-electron chi connectivity index (χ0n) is 21.2. The van der Waals surface area contributed by atoms with Gasteiger partial charge in [0.2, 0.25) is 15.9 Å². The molecule has 2 heterocycles. The lowest BCUT2D eigenvalue weighted by atomic mass is 9.63. The van der Waals surface area contributed by atoms with E-state index in [1.807, 2.05) is 23.6 Å². The molecule has 1 atom stereocenters. The highest BCUT2D eigenvalue weighted by atomic mass is 32.2. The minimum atomic E-state index is -3.60. The van der Waals surface area contributed by atoms with Crippen LogP contribution in [0.2, 0.25) is 0 Å². The smallest absolute Gasteiger partial charge is 0.241 e. The van der Waals surface area contributed by atoms with E-state index in [4.69, 9.17) is 0 Å². The summed E-state index contributed by atoms with van der Waals surface area (Å²) in [7, 11) is -3.60. The quantitative estimate of drug-likeness (QED) is 0.512. The Morgan fingerprint density at radius 2 is 1.86 bits per heavy atom. The summed E-state index contributed by atoms with van der Waals surface area (Å²) >= 11 is 0. The largest absolute Gasteiger partial charge is 0.341 e. The van der Waals surface area contributed by atoms with E-state index >= 15 is 0 Å². The molecular weight excluding hydrogens is 479 g/mol. The van der Waals surface area contributed by atoms with Crippen molar-refractivity contribution in [2.75, 3.05) is 18.8 Å². The SMILES string of the molecule is CCCS(=O)(=O)N[C@@H](Cc1ccc(F)cc1)C(=O)N1CCC(Cn2ccnc2)(C2CCCCC2)CC1. The van der Waals surface area contributed by atoms with Gasteiger partial charge in [0.15, 0.2) is 0 Å². The van der Waals surface area contributed by atoms with E-state index in [1.54, 1.807) is 19.1 Å². The number of imidazole rings is 1. The Balaban J connectivity index is 1.50. The Bertz CT molecular complexity index is 1070. The van der Waals surface area contributed by atoms with Gasteiger partial charge >= 0.3 is 0 Å². The fourth-order valence-corrected chi connectivity index (χ4v) is 7.40. The lowest BCUT2D eigenvalue weighted by molar-refractivity contribution is -0.136. The van der Waals surface area contributed by atoms with Gasteiger partial charge < -0.3 is 9.47 Å². The number of nitrogens with zero attached hydrogens (tertiary/aromatic N) is 3. The molecule has 0 bridgehead atoms. The van der Waals surface area contributed by atoms with Gasteiger partial charge in [-0.05, 0) is 67.6 Å². The number of rotatable bonds is 10. The van der Waals surface area contributed by atoms with Crippen LogP contribution in [0.25, 0.3) is 0 Å². The molecule has 4 rings (SSSR count). The van der Waals surface area contributed by atoms with Crippen molar-refractivity contribution in [1.82, 2.24) is 19.2 Å². The van der Waals surface area contributed by atoms with Crippen molar-refractivity contribution in [2.45, 2.75) is 77.3 Å². The zero-order valence-corrected chi connectivity index (χ0v) is 22.1. The second-order valence-corrected chi connectivity index (χ2v) is 12.5. The van der Waals surface area contributed by atoms with E-state index in [9.17, 15) is 17.6 Å². The number of likely N-dealkylation sites (tertiary alicyclic amines) is 1. The van der Waals surface area contributed by atoms with Crippen LogP contribution in [0, 0.1) is 17.2 Å². The van der Waals surface area contributed by atoms with E-state index in [0.717, 1.165) is 24.9 Å². The molecule has 2 aromatic rings. The van der Waals surface area contributed by atoms with Crippen molar-refractivity contribution < 1.29 is 17.6 Å². The lowest BCUT2D eigenvalue weighted by Crippen LogP contribution is -2.54. The number of carbonyl (C=O) groups is 1. The predicted octanol–water partition coefficient (Wildman–Crippen LogP) is 4.15. The molecule has 36 heavy (non-hydrogen) atoms. The van der Waals surface area contributed by atoms with Gasteiger partial charge in [0.1, 0.15) is 11.9 Å². The fourth-order valence-electron chi connectivity index (χ4n) is 6.13. The molecule has 1 saturated heterocycles. The average Bonchev–Trinajstić information content (AvgIpc) is 3.38. The molecule has 1 amide bonds. The Hall–Kier alpha value is -2.26. The van der Waals surface area contributed by atoms with Crippen LogP contribution in [-0.2, 0) is 27.8 Å². The van der Waals surface area contributed by atoms with Gasteiger partial charge in [0.05, 0.1) is 12.1 Å². The number of halogens is 1. The Kier molecular flexibility index (Phi) is 8.83. The number of hydrogen-bond acceptors (Lipinski definition) is 4. The van der Waals surface area contributed by atoms with Crippen LogP contribution in [-0.4, -0.2) is 53.7 Å². The molecule has 2 aliphatic rings. The second kappa shape index (κ2) is 11.9. The third-order valence-corrected chi connectivity index (χ3v) is 9.63. The van der Waals surface area contributed by atoms with Gasteiger partial charge in [0, 0.05) is 32.0 Å². The number of nitrogens with one attached hydrogen (secondary N) is 1. The summed E-state index contributed by atoms with van der Waals surface area (Å²) < 4.78 is 43.5. The molecule has 1 aromatic heterocycles. The van der Waals surface area contributed by atoms with Crippen molar-refractivity contribution in [1.29, 1.82) is 0 Å². The summed E-state index contributed by atoms with van der Waals surface area (Å²) in [5.41, 5.74) is 0.842. The summed E-state index contributed by atoms with van der Waals surface area (Å²) in [6.45, 7) is 3.92. The average molecular weight is 519 g/mol. The molecule has 0 radical (unpaired) electrons. The third-order valence-electron chi connectivity index (χ3n) is 8.04. The minimum absolute atomic E-state index is 0.0319. The van der Waals surface area contributed by atoms with Crippen LogP contribution < -0.4 is 4.72 Å². The molecule has 1 aromatic carbocycles. The number of hydrogen-bond donors (Lipinski definition) is 1. The van der Waals surface area contributed by atoms with Crippen molar-refractivity contribution >= 4 is 15.9 Å². The van der Waals surface area contributed by atoms with Gasteiger partial charge in [-0.2, -0.15) is 0 Å². The monoisotopic (exact) mass is 518 g/mol. The topological polar surface area (TPSA) is 84.3 Å². The maximum atomic E-state index is 13.7. The van der Waals surface area contributed by atoms with E-state index in [0.29, 0.717) is 25.4 Å². The highest BCUT2D eigenvalue weighted by molar-refractivity contribution is 7.89. The first-order valence-corrected chi connectivity index (χ1v) is 14.9. The van der Waals surface area contributed by atoms with Crippen LogP contribution in [0.3, 0.4) is 0 Å². The van der Waals surface area contributed by atoms with E-state index < -0.39 is 16.1 Å². The number of amides is 1. The van der Waals surface area contributed by atoms with E-state index in [-0.39, 0.29) is 29.3 Å². The first-order chi connectivity index (χ1) is 17.3. The summed E-state index contributed by atoms with van der Waals surface area (Å²) in [6.07, 6.45) is 14.4. The molecule has 7 nitrogen and oxygen atoms in total. The summed E-state index contributed by atoms with van der Waals surface area (Å²) in [6, 6.07) is 5.00. The number of carbonyl (C=O) groups excluding carboxylic acids is 1. The van der Waals surface area contributed by atoms with Crippen molar-refractivity contribution in [3.05, 3.63) is 54.4 Å². The highest BCUT2D eigenvalue weighted by Gasteiger charge is 2.43. The van der Waals surface area contributed by atoms with Gasteiger partial charge in [-0.3, -0.25) is 4.79 Å². The molecule has 1 aliphatic heterocycles. The fraction of sp³-hybridized carbons (Fsp3) is 0.630. The number of benzene rings is 1. The molecule has 198 valence electrons. The van der Waals surface area contributed by atoms with Gasteiger partial charge in [-0.15, -0.1) is 0 Å². The molecule has 1 aliphatic carbocycles. The van der Waals surface area contributed by atoms with Crippen LogP contribution in [0.1, 0.15) is 63.9 Å². The Labute approximate surface area is 214 Å². The third kappa shape index (κ3) is 6.73. The van der Waals surface area contributed by atoms with Gasteiger partial charge in [-0.25, -0.2) is 22.5 Å². The first-order valence-electron chi connectivity index (χ1n) is 13.3. The van der Waals surface area contributed by atoms with Crippen LogP contribution in [0.4, 0.5) is 4.39 Å². The number of piperidine rings is 1. The first kappa shape index (κ1) is 26.8. The van der Waals surface area contributed by atoms with Crippen LogP contribution in [0.5, 0.6) is 0 Å². The Morgan fingerprint density at radius 1 is 1.17 bits per heavy atom. The molecule has 2 fully saturated rings. The minimum Gasteiger partial charge on any atom is -0.341 e. The molecule has 1 N–H and O–H groups in total.